The van der Waals surface area contributed by atoms with E-state index in [-0.39, 0.29) is 6.29 Å². The van der Waals surface area contributed by atoms with E-state index in [1.165, 1.54) is 0 Å². The average Bonchev–Trinajstić information content (AvgIpc) is 2.18. The van der Waals surface area contributed by atoms with Gasteiger partial charge in [-0.1, -0.05) is 6.92 Å². The van der Waals surface area contributed by atoms with E-state index in [0.717, 1.165) is 18.7 Å². The molecule has 0 radical (unpaired) electrons. The van der Waals surface area contributed by atoms with Crippen molar-refractivity contribution < 1.29 is 9.47 Å². The van der Waals surface area contributed by atoms with E-state index < -0.39 is 0 Å². The van der Waals surface area contributed by atoms with Crippen LogP contribution < -0.4 is 5.73 Å². The standard InChI is InChI=1S/C10H23NO2S/c1-4-12-10(13-5-2)6-7-14-9(3)8-11/h9-10H,4-8,11H2,1-3H3. The van der Waals surface area contributed by atoms with Crippen LogP contribution in [0.5, 0.6) is 0 Å². The summed E-state index contributed by atoms with van der Waals surface area (Å²) in [5.74, 6) is 1.04. The Bertz CT molecular complexity index is 119. The van der Waals surface area contributed by atoms with Crippen LogP contribution in [0.4, 0.5) is 0 Å². The van der Waals surface area contributed by atoms with Crippen LogP contribution in [-0.4, -0.2) is 37.1 Å². The van der Waals surface area contributed by atoms with Crippen molar-refractivity contribution in [3.05, 3.63) is 0 Å². The third-order valence-corrected chi connectivity index (χ3v) is 3.03. The van der Waals surface area contributed by atoms with Crippen molar-refractivity contribution in [2.24, 2.45) is 5.73 Å². The van der Waals surface area contributed by atoms with Gasteiger partial charge in [0.1, 0.15) is 0 Å². The first kappa shape index (κ1) is 14.2. The van der Waals surface area contributed by atoms with Gasteiger partial charge in [-0.3, -0.25) is 0 Å². The van der Waals surface area contributed by atoms with E-state index >= 15 is 0 Å². The van der Waals surface area contributed by atoms with Crippen molar-refractivity contribution in [2.75, 3.05) is 25.5 Å². The van der Waals surface area contributed by atoms with Gasteiger partial charge in [0.2, 0.25) is 0 Å². The van der Waals surface area contributed by atoms with Crippen LogP contribution in [0.3, 0.4) is 0 Å². The van der Waals surface area contributed by atoms with Crippen molar-refractivity contribution >= 4 is 11.8 Å². The summed E-state index contributed by atoms with van der Waals surface area (Å²) in [5, 5.41) is 0.527. The highest BCUT2D eigenvalue weighted by Gasteiger charge is 2.08. The van der Waals surface area contributed by atoms with Crippen LogP contribution in [0.2, 0.25) is 0 Å². The highest BCUT2D eigenvalue weighted by atomic mass is 32.2. The Kier molecular flexibility index (Phi) is 9.93. The lowest BCUT2D eigenvalue weighted by atomic mass is 10.4. The maximum Gasteiger partial charge on any atom is 0.158 e. The van der Waals surface area contributed by atoms with Crippen molar-refractivity contribution in [3.8, 4) is 0 Å². The number of hydrogen-bond donors (Lipinski definition) is 1. The summed E-state index contributed by atoms with van der Waals surface area (Å²) in [6, 6.07) is 0. The molecule has 0 bridgehead atoms. The normalized spacial score (nSPS) is 13.5. The number of thioether (sulfide) groups is 1. The largest absolute Gasteiger partial charge is 0.353 e. The predicted octanol–water partition coefficient (Wildman–Crippen LogP) is 1.86. The molecule has 0 saturated heterocycles. The molecular weight excluding hydrogens is 198 g/mol. The van der Waals surface area contributed by atoms with Crippen LogP contribution in [0, 0.1) is 0 Å². The Balaban J connectivity index is 3.49. The zero-order chi connectivity index (χ0) is 10.8. The second-order valence-electron chi connectivity index (χ2n) is 3.05. The molecule has 0 amide bonds. The molecule has 0 spiro atoms. The number of nitrogens with two attached hydrogens (primary N) is 1. The molecule has 0 heterocycles. The molecule has 0 aliphatic carbocycles. The molecule has 0 aromatic heterocycles. The lowest BCUT2D eigenvalue weighted by Crippen LogP contribution is -2.19. The summed E-state index contributed by atoms with van der Waals surface area (Å²) in [6.45, 7) is 8.27. The third kappa shape index (κ3) is 7.62. The average molecular weight is 221 g/mol. The summed E-state index contributed by atoms with van der Waals surface area (Å²) < 4.78 is 10.9. The first-order valence-corrected chi connectivity index (χ1v) is 6.34. The van der Waals surface area contributed by atoms with Crippen LogP contribution in [0.1, 0.15) is 27.2 Å². The van der Waals surface area contributed by atoms with Gasteiger partial charge in [0, 0.05) is 31.4 Å². The summed E-state index contributed by atoms with van der Waals surface area (Å²) in [6.07, 6.45) is 0.902. The van der Waals surface area contributed by atoms with Gasteiger partial charge >= 0.3 is 0 Å². The summed E-state index contributed by atoms with van der Waals surface area (Å²) >= 11 is 1.87. The lowest BCUT2D eigenvalue weighted by Gasteiger charge is -2.17. The van der Waals surface area contributed by atoms with Gasteiger partial charge in [0.15, 0.2) is 6.29 Å². The van der Waals surface area contributed by atoms with E-state index in [1.807, 2.05) is 25.6 Å². The fourth-order valence-corrected chi connectivity index (χ4v) is 1.89. The van der Waals surface area contributed by atoms with E-state index in [0.29, 0.717) is 18.5 Å². The Morgan fingerprint density at radius 3 is 2.21 bits per heavy atom. The molecular formula is C10H23NO2S. The minimum atomic E-state index is -0.0394. The van der Waals surface area contributed by atoms with Crippen LogP contribution in [0.25, 0.3) is 0 Å². The van der Waals surface area contributed by atoms with Crippen molar-refractivity contribution in [1.82, 2.24) is 0 Å². The van der Waals surface area contributed by atoms with Gasteiger partial charge in [0.25, 0.3) is 0 Å². The smallest absolute Gasteiger partial charge is 0.158 e. The molecule has 2 N–H and O–H groups in total. The monoisotopic (exact) mass is 221 g/mol. The molecule has 1 unspecified atom stereocenters. The maximum absolute atomic E-state index is 5.52. The first-order valence-electron chi connectivity index (χ1n) is 5.29. The van der Waals surface area contributed by atoms with Crippen molar-refractivity contribution in [1.29, 1.82) is 0 Å². The van der Waals surface area contributed by atoms with Gasteiger partial charge in [-0.2, -0.15) is 11.8 Å². The number of rotatable bonds is 9. The van der Waals surface area contributed by atoms with Gasteiger partial charge in [0.05, 0.1) is 0 Å². The quantitative estimate of drug-likeness (QED) is 0.604. The van der Waals surface area contributed by atoms with Crippen LogP contribution in [-0.2, 0) is 9.47 Å². The van der Waals surface area contributed by atoms with E-state index in [9.17, 15) is 0 Å². The molecule has 0 aromatic carbocycles. The minimum Gasteiger partial charge on any atom is -0.353 e. The van der Waals surface area contributed by atoms with Crippen molar-refractivity contribution in [2.45, 2.75) is 38.7 Å². The molecule has 0 aliphatic rings. The molecule has 86 valence electrons. The second kappa shape index (κ2) is 9.77. The molecule has 0 rings (SSSR count). The fraction of sp³-hybridized carbons (Fsp3) is 1.00. The highest BCUT2D eigenvalue weighted by molar-refractivity contribution is 7.99. The molecule has 0 saturated carbocycles. The van der Waals surface area contributed by atoms with Crippen LogP contribution in [0.15, 0.2) is 0 Å². The molecule has 0 aliphatic heterocycles. The first-order chi connectivity index (χ1) is 6.74. The highest BCUT2D eigenvalue weighted by Crippen LogP contribution is 2.13. The Hall–Kier alpha value is 0.230. The summed E-state index contributed by atoms with van der Waals surface area (Å²) in [7, 11) is 0. The van der Waals surface area contributed by atoms with E-state index in [2.05, 4.69) is 6.92 Å². The van der Waals surface area contributed by atoms with Gasteiger partial charge in [-0.25, -0.2) is 0 Å². The molecule has 3 nitrogen and oxygen atoms in total. The molecule has 0 fully saturated rings. The molecule has 0 aromatic rings. The summed E-state index contributed by atoms with van der Waals surface area (Å²) in [5.41, 5.74) is 5.52. The Labute approximate surface area is 91.7 Å². The van der Waals surface area contributed by atoms with E-state index in [4.69, 9.17) is 15.2 Å². The molecule has 14 heavy (non-hydrogen) atoms. The second-order valence-corrected chi connectivity index (χ2v) is 4.59. The fourth-order valence-electron chi connectivity index (χ4n) is 1.02. The van der Waals surface area contributed by atoms with E-state index in [1.54, 1.807) is 0 Å². The van der Waals surface area contributed by atoms with Gasteiger partial charge in [-0.15, -0.1) is 0 Å². The summed E-state index contributed by atoms with van der Waals surface area (Å²) in [4.78, 5) is 0. The third-order valence-electron chi connectivity index (χ3n) is 1.79. The van der Waals surface area contributed by atoms with Crippen molar-refractivity contribution in [3.63, 3.8) is 0 Å². The van der Waals surface area contributed by atoms with Gasteiger partial charge in [-0.05, 0) is 19.6 Å². The Morgan fingerprint density at radius 2 is 1.79 bits per heavy atom. The SMILES string of the molecule is CCOC(CCSC(C)CN)OCC. The minimum absolute atomic E-state index is 0.0394. The molecule has 1 atom stereocenters. The lowest BCUT2D eigenvalue weighted by molar-refractivity contribution is -0.136. The predicted molar refractivity (Wildman–Crippen MR) is 62.6 cm³/mol. The van der Waals surface area contributed by atoms with Gasteiger partial charge < -0.3 is 15.2 Å². The zero-order valence-electron chi connectivity index (χ0n) is 9.49. The molecule has 4 heteroatoms. The topological polar surface area (TPSA) is 44.5 Å². The van der Waals surface area contributed by atoms with Crippen LogP contribution >= 0.6 is 11.8 Å². The number of ether oxygens (including phenoxy) is 2. The zero-order valence-corrected chi connectivity index (χ0v) is 10.3. The Morgan fingerprint density at radius 1 is 1.21 bits per heavy atom. The number of hydrogen-bond acceptors (Lipinski definition) is 4. The maximum atomic E-state index is 5.52.